The van der Waals surface area contributed by atoms with Crippen LogP contribution in [0.3, 0.4) is 0 Å². The minimum atomic E-state index is -0.696. The van der Waals surface area contributed by atoms with Crippen LogP contribution in [0.2, 0.25) is 0 Å². The number of aliphatic hydroxyl groups is 1. The summed E-state index contributed by atoms with van der Waals surface area (Å²) in [6.45, 7) is 0. The molecule has 0 saturated carbocycles. The van der Waals surface area contributed by atoms with E-state index < -0.39 is 6.23 Å². The topological polar surface area (TPSA) is 58.3 Å². The third-order valence-electron chi connectivity index (χ3n) is 1.94. The van der Waals surface area contributed by atoms with Gasteiger partial charge in [-0.3, -0.25) is 0 Å². The van der Waals surface area contributed by atoms with Crippen molar-refractivity contribution < 1.29 is 5.11 Å². The molecule has 0 bridgehead atoms. The van der Waals surface area contributed by atoms with Crippen LogP contribution in [-0.4, -0.2) is 17.4 Å². The van der Waals surface area contributed by atoms with E-state index in [1.807, 2.05) is 0 Å². The molecule has 0 aromatic carbocycles. The molecule has 2 aliphatic rings. The standard InChI is InChI=1S/C6H10N2O/c7-6(9)5-2-3-1-4(3)8-5/h1,3,5-6,8-9H,2,7H2. The molecule has 50 valence electrons. The van der Waals surface area contributed by atoms with Crippen LogP contribution in [0.15, 0.2) is 11.8 Å². The Kier molecular flexibility index (Phi) is 0.870. The first-order chi connectivity index (χ1) is 4.27. The zero-order chi connectivity index (χ0) is 6.43. The number of hydrogen-bond acceptors (Lipinski definition) is 3. The predicted molar refractivity (Wildman–Crippen MR) is 33.3 cm³/mol. The lowest BCUT2D eigenvalue weighted by atomic mass is 10.1. The molecule has 1 fully saturated rings. The van der Waals surface area contributed by atoms with Gasteiger partial charge in [0.2, 0.25) is 0 Å². The Balaban J connectivity index is 1.96. The molecule has 3 nitrogen and oxygen atoms in total. The maximum Gasteiger partial charge on any atom is 0.122 e. The van der Waals surface area contributed by atoms with Crippen LogP contribution in [0.1, 0.15) is 6.42 Å². The Labute approximate surface area is 53.5 Å². The van der Waals surface area contributed by atoms with Crippen molar-refractivity contribution in [1.82, 2.24) is 5.32 Å². The van der Waals surface area contributed by atoms with Gasteiger partial charge in [-0.1, -0.05) is 6.08 Å². The zero-order valence-electron chi connectivity index (χ0n) is 5.04. The minimum Gasteiger partial charge on any atom is -0.381 e. The van der Waals surface area contributed by atoms with Gasteiger partial charge in [0.1, 0.15) is 6.23 Å². The Morgan fingerprint density at radius 3 is 3.00 bits per heavy atom. The van der Waals surface area contributed by atoms with Gasteiger partial charge >= 0.3 is 0 Å². The highest BCUT2D eigenvalue weighted by Gasteiger charge is 2.38. The number of nitrogens with one attached hydrogen (secondary N) is 1. The van der Waals surface area contributed by atoms with E-state index in [-0.39, 0.29) is 6.04 Å². The van der Waals surface area contributed by atoms with Crippen molar-refractivity contribution in [2.75, 3.05) is 0 Å². The molecule has 2 rings (SSSR count). The van der Waals surface area contributed by atoms with Gasteiger partial charge in [-0.15, -0.1) is 0 Å². The van der Waals surface area contributed by atoms with E-state index in [1.165, 1.54) is 5.70 Å². The highest BCUT2D eigenvalue weighted by atomic mass is 16.3. The Morgan fingerprint density at radius 2 is 2.67 bits per heavy atom. The maximum atomic E-state index is 8.88. The monoisotopic (exact) mass is 126 g/mol. The van der Waals surface area contributed by atoms with Crippen LogP contribution >= 0.6 is 0 Å². The lowest BCUT2D eigenvalue weighted by Gasteiger charge is -2.13. The van der Waals surface area contributed by atoms with Crippen molar-refractivity contribution in [3.63, 3.8) is 0 Å². The molecule has 4 N–H and O–H groups in total. The maximum absolute atomic E-state index is 8.88. The Bertz CT molecular complexity index is 164. The second-order valence-electron chi connectivity index (χ2n) is 2.71. The molecule has 1 aliphatic carbocycles. The summed E-state index contributed by atoms with van der Waals surface area (Å²) >= 11 is 0. The van der Waals surface area contributed by atoms with E-state index >= 15 is 0 Å². The summed E-state index contributed by atoms with van der Waals surface area (Å²) in [4.78, 5) is 0. The van der Waals surface area contributed by atoms with E-state index in [0.29, 0.717) is 5.92 Å². The van der Waals surface area contributed by atoms with Gasteiger partial charge in [0.05, 0.1) is 6.04 Å². The summed E-state index contributed by atoms with van der Waals surface area (Å²) in [7, 11) is 0. The quantitative estimate of drug-likeness (QED) is 0.401. The van der Waals surface area contributed by atoms with E-state index in [0.717, 1.165) is 6.42 Å². The number of aliphatic hydroxyl groups excluding tert-OH is 1. The molecule has 3 heteroatoms. The first-order valence-corrected chi connectivity index (χ1v) is 3.19. The van der Waals surface area contributed by atoms with Gasteiger partial charge in [0.25, 0.3) is 0 Å². The highest BCUT2D eigenvalue weighted by Crippen LogP contribution is 2.37. The number of rotatable bonds is 1. The number of nitrogens with two attached hydrogens (primary N) is 1. The Morgan fingerprint density at radius 1 is 1.89 bits per heavy atom. The van der Waals surface area contributed by atoms with Crippen molar-refractivity contribution in [3.05, 3.63) is 11.8 Å². The van der Waals surface area contributed by atoms with E-state index in [9.17, 15) is 0 Å². The lowest BCUT2D eigenvalue weighted by molar-refractivity contribution is 0.142. The molecule has 1 heterocycles. The molecule has 0 amide bonds. The van der Waals surface area contributed by atoms with Crippen LogP contribution in [0.5, 0.6) is 0 Å². The molecule has 0 aromatic heterocycles. The zero-order valence-corrected chi connectivity index (χ0v) is 5.04. The summed E-state index contributed by atoms with van der Waals surface area (Å²) in [5.41, 5.74) is 6.51. The number of fused-ring (bicyclic) bond motifs is 1. The van der Waals surface area contributed by atoms with Crippen LogP contribution < -0.4 is 11.1 Å². The molecular weight excluding hydrogens is 116 g/mol. The molecule has 1 saturated heterocycles. The number of allylic oxidation sites excluding steroid dienone is 2. The van der Waals surface area contributed by atoms with E-state index in [1.54, 1.807) is 0 Å². The molecular formula is C6H10N2O. The lowest BCUT2D eigenvalue weighted by Crippen LogP contribution is -2.40. The van der Waals surface area contributed by atoms with Gasteiger partial charge in [0.15, 0.2) is 0 Å². The average Bonchev–Trinajstić information content (AvgIpc) is 2.40. The largest absolute Gasteiger partial charge is 0.381 e. The summed E-state index contributed by atoms with van der Waals surface area (Å²) in [6.07, 6.45) is 2.44. The fourth-order valence-corrected chi connectivity index (χ4v) is 1.29. The smallest absolute Gasteiger partial charge is 0.122 e. The molecule has 3 atom stereocenters. The third kappa shape index (κ3) is 0.730. The van der Waals surface area contributed by atoms with Crippen LogP contribution in [-0.2, 0) is 0 Å². The molecule has 0 radical (unpaired) electrons. The van der Waals surface area contributed by atoms with Crippen molar-refractivity contribution in [2.45, 2.75) is 18.7 Å². The fraction of sp³-hybridized carbons (Fsp3) is 0.667. The SMILES string of the molecule is NC(O)C1CC2C=C2N1. The second-order valence-corrected chi connectivity index (χ2v) is 2.71. The van der Waals surface area contributed by atoms with Crippen molar-refractivity contribution in [2.24, 2.45) is 11.7 Å². The predicted octanol–water partition coefficient (Wildman–Crippen LogP) is -0.861. The molecule has 1 aliphatic heterocycles. The van der Waals surface area contributed by atoms with Crippen molar-refractivity contribution in [3.8, 4) is 0 Å². The molecule has 0 spiro atoms. The molecule has 3 unspecified atom stereocenters. The summed E-state index contributed by atoms with van der Waals surface area (Å²) in [6, 6.07) is 0.106. The van der Waals surface area contributed by atoms with E-state index in [4.69, 9.17) is 10.8 Å². The Hall–Kier alpha value is -0.540. The van der Waals surface area contributed by atoms with Crippen LogP contribution in [0.25, 0.3) is 0 Å². The van der Waals surface area contributed by atoms with Crippen LogP contribution in [0.4, 0.5) is 0 Å². The van der Waals surface area contributed by atoms with Crippen molar-refractivity contribution >= 4 is 0 Å². The number of hydrogen-bond donors (Lipinski definition) is 3. The second kappa shape index (κ2) is 1.49. The minimum absolute atomic E-state index is 0.106. The summed E-state index contributed by atoms with van der Waals surface area (Å²) in [5, 5.41) is 12.0. The summed E-state index contributed by atoms with van der Waals surface area (Å²) in [5.74, 6) is 0.619. The first-order valence-electron chi connectivity index (χ1n) is 3.19. The van der Waals surface area contributed by atoms with Gasteiger partial charge < -0.3 is 16.2 Å². The average molecular weight is 126 g/mol. The first kappa shape index (κ1) is 5.26. The summed E-state index contributed by atoms with van der Waals surface area (Å²) < 4.78 is 0. The molecule has 9 heavy (non-hydrogen) atoms. The normalized spacial score (nSPS) is 40.9. The van der Waals surface area contributed by atoms with Crippen molar-refractivity contribution in [1.29, 1.82) is 0 Å². The van der Waals surface area contributed by atoms with Crippen LogP contribution in [0, 0.1) is 5.92 Å². The van der Waals surface area contributed by atoms with Gasteiger partial charge in [-0.05, 0) is 6.42 Å². The van der Waals surface area contributed by atoms with E-state index in [2.05, 4.69) is 11.4 Å². The van der Waals surface area contributed by atoms with Gasteiger partial charge in [-0.25, -0.2) is 0 Å². The van der Waals surface area contributed by atoms with Gasteiger partial charge in [-0.2, -0.15) is 0 Å². The fourth-order valence-electron chi connectivity index (χ4n) is 1.29. The highest BCUT2D eigenvalue weighted by molar-refractivity contribution is 5.32. The van der Waals surface area contributed by atoms with Gasteiger partial charge in [0, 0.05) is 11.6 Å². The third-order valence-corrected chi connectivity index (χ3v) is 1.94. The molecule has 0 aromatic rings.